The molecule has 41 heteroatoms. The summed E-state index contributed by atoms with van der Waals surface area (Å²) in [5, 5.41) is 60.0. The highest BCUT2D eigenvalue weighted by Gasteiger charge is 2.38. The number of carbonyl (C=O) groups excluding carboxylic acids is 12. The van der Waals surface area contributed by atoms with Crippen molar-refractivity contribution in [2.24, 2.45) is 79.3 Å². The van der Waals surface area contributed by atoms with Crippen LogP contribution in [0.25, 0.3) is 0 Å². The molecule has 0 spiro atoms. The molecule has 13 unspecified atom stereocenters. The smallest absolute Gasteiger partial charge is 0.329 e. The number of primary amides is 1. The first-order chi connectivity index (χ1) is 57.8. The number of aromatic amines is 1. The molecule has 688 valence electrons. The normalized spacial score (nSPS) is 14.5. The second-order valence-electron chi connectivity index (χ2n) is 31.8. The van der Waals surface area contributed by atoms with Crippen LogP contribution in [0.5, 0.6) is 5.75 Å². The molecule has 0 radical (unpaired) electrons. The van der Waals surface area contributed by atoms with E-state index in [4.69, 9.17) is 67.2 Å². The van der Waals surface area contributed by atoms with E-state index in [9.17, 15) is 62.6 Å². The number of carbonyl (C=O) groups is 12. The van der Waals surface area contributed by atoms with Crippen molar-refractivity contribution in [1.29, 1.82) is 10.8 Å². The third-order valence-electron chi connectivity index (χ3n) is 20.4. The van der Waals surface area contributed by atoms with Crippen molar-refractivity contribution in [3.63, 3.8) is 0 Å². The molecule has 0 aliphatic rings. The third kappa shape index (κ3) is 44.9. The Morgan fingerprint density at radius 2 is 0.943 bits per heavy atom. The highest BCUT2D eigenvalue weighted by atomic mass is 16.5. The molecule has 122 heavy (non-hydrogen) atoms. The molecule has 11 amide bonds. The third-order valence-corrected chi connectivity index (χ3v) is 20.4. The van der Waals surface area contributed by atoms with Gasteiger partial charge in [0, 0.05) is 94.2 Å². The number of hydrogen-bond donors (Lipinski definition) is 25. The van der Waals surface area contributed by atoms with Gasteiger partial charge >= 0.3 is 5.97 Å². The molecule has 0 aliphatic carbocycles. The fourth-order valence-corrected chi connectivity index (χ4v) is 12.9. The van der Waals surface area contributed by atoms with Gasteiger partial charge in [-0.05, 0) is 101 Å². The van der Waals surface area contributed by atoms with Crippen LogP contribution < -0.4 is 115 Å². The zero-order valence-electron chi connectivity index (χ0n) is 72.9. The number of aromatic nitrogens is 2. The number of benzene rings is 1. The standard InChI is InChI=1S/C81H145N27O14/c1-10-12-13-14-15-16-17-18-19-20-21-22-23-30-64(110)106-67(49(7)11-2)77(120)108-65(47(3)4)75(118)99-56(41-55-44-93-46-98-55)45-97-50(8)69(112)107-66(48(5)6)76(119)105-63(40-54(85)43-83)78(121)122-51(9)70(113)103-61(38-52-31-33-57(109)34-32-52)73(116)101-60(29-26-37-96-81(91)92)72(115)104-62(39-53(84)42-82)74(117)102-59(28-25-36-95-80(89)90)71(114)100-58(68(86)111)27-24-35-94-79(87)88/h31-34,44,46-51,56,58-63,65-67,79,84-85,94,97,109H,10-30,35-43,45,82-83,87-88H2,1-9H3,(H2,86,111)(H,93,98)(H,99,118)(H,100,114)(H,101,116)(H,102,117)(H,103,113)(H,104,115)(H,105,119)(H,106,110)(H,107,112)(H,108,120)(H4,89,90,95)(H4,91,92,96). The van der Waals surface area contributed by atoms with E-state index < -0.39 is 169 Å². The summed E-state index contributed by atoms with van der Waals surface area (Å²) in [5.41, 5.74) is 51.2. The van der Waals surface area contributed by atoms with E-state index in [0.29, 0.717) is 24.1 Å². The maximum Gasteiger partial charge on any atom is 0.329 e. The van der Waals surface area contributed by atoms with Crippen LogP contribution in [0.3, 0.4) is 0 Å². The van der Waals surface area contributed by atoms with Crippen molar-refractivity contribution >= 4 is 94.3 Å². The Kier molecular flexibility index (Phi) is 53.0. The summed E-state index contributed by atoms with van der Waals surface area (Å²) < 4.78 is 5.64. The van der Waals surface area contributed by atoms with Gasteiger partial charge in [0.05, 0.1) is 12.4 Å². The number of guanidine groups is 2. The van der Waals surface area contributed by atoms with E-state index in [1.165, 1.54) is 95.3 Å². The van der Waals surface area contributed by atoms with Crippen LogP contribution in [-0.4, -0.2) is 227 Å². The Balaban J connectivity index is 2.40. The summed E-state index contributed by atoms with van der Waals surface area (Å²) in [5.74, 6) is -12.1. The molecule has 2 rings (SSSR count). The molecule has 0 aliphatic heterocycles. The van der Waals surface area contributed by atoms with Crippen LogP contribution in [0.15, 0.2) is 46.8 Å². The quantitative estimate of drug-likeness (QED) is 0.0117. The first-order valence-electron chi connectivity index (χ1n) is 42.7. The molecule has 41 nitrogen and oxygen atoms in total. The molecule has 0 saturated carbocycles. The highest BCUT2D eigenvalue weighted by Crippen LogP contribution is 2.18. The van der Waals surface area contributed by atoms with Gasteiger partial charge in [-0.25, -0.2) is 9.78 Å². The Bertz CT molecular complexity index is 3620. The number of esters is 1. The number of rotatable bonds is 66. The number of aromatic hydroxyl groups is 1. The number of unbranched alkanes of at least 4 members (excludes halogenated alkanes) is 12. The molecule has 13 atom stereocenters. The number of nitrogens with one attached hydrogen (secondary N) is 15. The lowest BCUT2D eigenvalue weighted by atomic mass is 9.96. The summed E-state index contributed by atoms with van der Waals surface area (Å²) in [4.78, 5) is 184. The van der Waals surface area contributed by atoms with Crippen molar-refractivity contribution in [2.45, 2.75) is 302 Å². The van der Waals surface area contributed by atoms with Gasteiger partial charge in [0.2, 0.25) is 59.1 Å². The average Bonchev–Trinajstić information content (AvgIpc) is 0.996. The first-order valence-corrected chi connectivity index (χ1v) is 42.7. The monoisotopic (exact) mass is 1720 g/mol. The number of H-pyrrole nitrogens is 1. The van der Waals surface area contributed by atoms with Gasteiger partial charge in [-0.15, -0.1) is 0 Å². The number of aliphatic imine (C=N–C) groups is 2. The van der Waals surface area contributed by atoms with Gasteiger partial charge in [0.25, 0.3) is 5.91 Å². The molecule has 0 bridgehead atoms. The maximum atomic E-state index is 14.8. The van der Waals surface area contributed by atoms with Crippen LogP contribution in [0.1, 0.15) is 221 Å². The van der Waals surface area contributed by atoms with Crippen LogP contribution >= 0.6 is 0 Å². The summed E-state index contributed by atoms with van der Waals surface area (Å²) in [7, 11) is 0. The first kappa shape index (κ1) is 108. The predicted molar refractivity (Wildman–Crippen MR) is 467 cm³/mol. The second-order valence-corrected chi connectivity index (χ2v) is 31.8. The molecular formula is C81H145N27O14. The van der Waals surface area contributed by atoms with Crippen molar-refractivity contribution in [2.75, 3.05) is 39.3 Å². The number of hydrogen-bond acceptors (Lipinski definition) is 25. The summed E-state index contributed by atoms with van der Waals surface area (Å²) in [6.45, 7) is 14.9. The fraction of sp³-hybridized carbons (Fsp3) is 0.691. The minimum absolute atomic E-state index is 0.00356. The summed E-state index contributed by atoms with van der Waals surface area (Å²) in [6, 6.07) is -8.84. The van der Waals surface area contributed by atoms with Crippen molar-refractivity contribution < 1.29 is 67.4 Å². The number of nitrogens with zero attached hydrogens (tertiary/aromatic N) is 3. The van der Waals surface area contributed by atoms with Gasteiger partial charge in [0.15, 0.2) is 18.0 Å². The number of imidazole rings is 1. The van der Waals surface area contributed by atoms with E-state index in [1.54, 1.807) is 33.9 Å². The molecule has 2 aromatic rings. The number of ether oxygens (including phenoxy) is 1. The van der Waals surface area contributed by atoms with Crippen LogP contribution in [0.4, 0.5) is 0 Å². The predicted octanol–water partition coefficient (Wildman–Crippen LogP) is -1.60. The Labute approximate surface area is 717 Å². The number of amides is 11. The van der Waals surface area contributed by atoms with Gasteiger partial charge in [-0.2, -0.15) is 0 Å². The van der Waals surface area contributed by atoms with Crippen molar-refractivity contribution in [3.8, 4) is 5.75 Å². The maximum absolute atomic E-state index is 14.8. The highest BCUT2D eigenvalue weighted by molar-refractivity contribution is 6.00. The summed E-state index contributed by atoms with van der Waals surface area (Å²) in [6.07, 6.45) is 15.2. The number of nitrogens with two attached hydrogens (primary N) is 9. The van der Waals surface area contributed by atoms with Crippen molar-refractivity contribution in [3.05, 3.63) is 48.0 Å². The minimum atomic E-state index is -1.77. The topological polar surface area (TPSA) is 714 Å². The van der Waals surface area contributed by atoms with E-state index in [2.05, 4.69) is 90.7 Å². The van der Waals surface area contributed by atoms with E-state index >= 15 is 0 Å². The molecule has 0 fully saturated rings. The fourth-order valence-electron chi connectivity index (χ4n) is 12.9. The number of phenols is 1. The zero-order chi connectivity index (χ0) is 91.4. The molecular weight excluding hydrogens is 1580 g/mol. The molecule has 34 N–H and O–H groups in total. The lowest BCUT2D eigenvalue weighted by Crippen LogP contribution is -2.60. The van der Waals surface area contributed by atoms with E-state index in [1.807, 2.05) is 13.8 Å². The van der Waals surface area contributed by atoms with Crippen LogP contribution in [0, 0.1) is 28.6 Å². The molecule has 1 heterocycles. The lowest BCUT2D eigenvalue weighted by molar-refractivity contribution is -0.158. The molecule has 1 aromatic heterocycles. The Morgan fingerprint density at radius 3 is 1.43 bits per heavy atom. The molecule has 0 saturated heterocycles. The Morgan fingerprint density at radius 1 is 0.492 bits per heavy atom. The van der Waals surface area contributed by atoms with Gasteiger partial charge in [0.1, 0.15) is 66.4 Å². The Hall–Kier alpha value is -10.5. The minimum Gasteiger partial charge on any atom is -0.508 e. The van der Waals surface area contributed by atoms with Crippen LogP contribution in [0.2, 0.25) is 0 Å². The summed E-state index contributed by atoms with van der Waals surface area (Å²) >= 11 is 0. The number of phenolic OH excluding ortho intramolecular Hbond substituents is 1. The van der Waals surface area contributed by atoms with Gasteiger partial charge in [-0.1, -0.05) is 144 Å². The lowest BCUT2D eigenvalue weighted by Gasteiger charge is -2.30. The van der Waals surface area contributed by atoms with Crippen molar-refractivity contribution in [1.82, 2.24) is 73.8 Å². The second kappa shape index (κ2) is 60.1. The average molecular weight is 1720 g/mol. The van der Waals surface area contributed by atoms with Crippen LogP contribution in [-0.2, 0) is 75.1 Å². The largest absolute Gasteiger partial charge is 0.508 e. The van der Waals surface area contributed by atoms with E-state index in [-0.39, 0.29) is 138 Å². The zero-order valence-corrected chi connectivity index (χ0v) is 72.9. The SMILES string of the molecule is CCCCCCCCCCCCCCCC(=O)NC(C(=O)NC(C(=O)NC(CNC(C)C(=O)NC(C(=O)NC(CC(=N)CN)C(=O)OC(C)C(=O)NC(Cc1ccc(O)cc1)C(=O)NC(CCCN=C(N)N)C(=O)NC(CC(=N)CN)C(=O)NC(CCCN=C(N)N)C(=O)NC(CCCNC(N)N)C(N)=O)C(C)C)Cc1cnc[nH]1)C(C)C)C(C)CC. The van der Waals surface area contributed by atoms with Gasteiger partial charge < -0.3 is 136 Å². The van der Waals surface area contributed by atoms with Gasteiger partial charge in [-0.3, -0.25) is 68.0 Å². The molecule has 1 aromatic carbocycles. The van der Waals surface area contributed by atoms with E-state index in [0.717, 1.165) is 26.2 Å².